The number of fused-ring (bicyclic) bond motifs is 2. The second kappa shape index (κ2) is 9.20. The Morgan fingerprint density at radius 3 is 2.69 bits per heavy atom. The van der Waals surface area contributed by atoms with Crippen LogP contribution in [0.25, 0.3) is 11.2 Å². The molecule has 3 aromatic rings. The maximum Gasteiger partial charge on any atom is 0.191 e. The van der Waals surface area contributed by atoms with Crippen LogP contribution in [-0.4, -0.2) is 66.5 Å². The molecular formula is C25H31FN6O3S. The minimum Gasteiger partial charge on any atom is -0.396 e. The molecule has 3 aliphatic rings. The van der Waals surface area contributed by atoms with Crippen molar-refractivity contribution in [2.75, 3.05) is 17.7 Å². The van der Waals surface area contributed by atoms with E-state index in [1.807, 2.05) is 30.7 Å². The maximum atomic E-state index is 13.4. The monoisotopic (exact) mass is 514 g/mol. The highest BCUT2D eigenvalue weighted by Crippen LogP contribution is 2.48. The number of hydrogen-bond acceptors (Lipinski definition) is 9. The molecule has 1 aliphatic heterocycles. The number of nitrogens with zero attached hydrogens (tertiary/aromatic N) is 5. The molecule has 0 amide bonds. The van der Waals surface area contributed by atoms with E-state index in [0.29, 0.717) is 34.5 Å². The highest BCUT2D eigenvalue weighted by atomic mass is 32.2. The second-order valence-corrected chi connectivity index (χ2v) is 11.4. The van der Waals surface area contributed by atoms with Crippen molar-refractivity contribution in [3.05, 3.63) is 35.6 Å². The van der Waals surface area contributed by atoms with E-state index in [1.54, 1.807) is 11.8 Å². The van der Waals surface area contributed by atoms with E-state index in [2.05, 4.69) is 22.6 Å². The van der Waals surface area contributed by atoms with Crippen LogP contribution in [-0.2, 0) is 9.47 Å². The molecule has 11 heteroatoms. The summed E-state index contributed by atoms with van der Waals surface area (Å²) in [7, 11) is 0. The molecule has 6 atom stereocenters. The first kappa shape index (κ1) is 24.0. The van der Waals surface area contributed by atoms with Crippen molar-refractivity contribution in [1.29, 1.82) is 0 Å². The van der Waals surface area contributed by atoms with Crippen molar-refractivity contribution in [2.24, 2.45) is 5.92 Å². The molecule has 36 heavy (non-hydrogen) atoms. The predicted molar refractivity (Wildman–Crippen MR) is 133 cm³/mol. The van der Waals surface area contributed by atoms with Gasteiger partial charge in [-0.25, -0.2) is 19.0 Å². The van der Waals surface area contributed by atoms with Gasteiger partial charge in [0.15, 0.2) is 27.9 Å². The summed E-state index contributed by atoms with van der Waals surface area (Å²) in [5.74, 6) is 0.870. The van der Waals surface area contributed by atoms with E-state index in [0.717, 1.165) is 24.2 Å². The molecule has 0 bridgehead atoms. The number of nitrogens with one attached hydrogen (secondary N) is 1. The van der Waals surface area contributed by atoms with Crippen LogP contribution in [0.15, 0.2) is 29.4 Å². The van der Waals surface area contributed by atoms with E-state index in [1.165, 1.54) is 12.1 Å². The number of thioether (sulfide) groups is 1. The first-order chi connectivity index (χ1) is 17.4. The van der Waals surface area contributed by atoms with Gasteiger partial charge in [-0.2, -0.15) is 0 Å². The molecule has 192 valence electrons. The van der Waals surface area contributed by atoms with Crippen LogP contribution in [0.1, 0.15) is 57.6 Å². The Balaban J connectivity index is 1.32. The first-order valence-corrected chi connectivity index (χ1v) is 13.6. The van der Waals surface area contributed by atoms with Gasteiger partial charge in [-0.15, -0.1) is 5.10 Å². The Morgan fingerprint density at radius 2 is 1.94 bits per heavy atom. The van der Waals surface area contributed by atoms with Crippen LogP contribution in [0.4, 0.5) is 10.2 Å². The third-order valence-corrected chi connectivity index (χ3v) is 8.30. The Hall–Kier alpha value is -2.34. The molecule has 1 saturated heterocycles. The quantitative estimate of drug-likeness (QED) is 0.342. The van der Waals surface area contributed by atoms with Gasteiger partial charge in [-0.1, -0.05) is 36.0 Å². The lowest BCUT2D eigenvalue weighted by Crippen LogP contribution is -2.28. The molecular weight excluding hydrogens is 483 g/mol. The SMILES string of the molecule is CCCSc1nc(N[C@@H]2C[C@H]2c2ccc(F)cc2)c2nnn([C@H]3C[C@@H](CO)[C@@H]4OC(C)(C)O[C@@H]43)c2n1. The predicted octanol–water partition coefficient (Wildman–Crippen LogP) is 3.90. The van der Waals surface area contributed by atoms with Gasteiger partial charge in [0, 0.05) is 30.2 Å². The summed E-state index contributed by atoms with van der Waals surface area (Å²) in [5, 5.41) is 23.2. The molecule has 0 unspecified atom stereocenters. The molecule has 2 aromatic heterocycles. The minimum absolute atomic E-state index is 0.0234. The number of aromatic nitrogens is 5. The maximum absolute atomic E-state index is 13.4. The van der Waals surface area contributed by atoms with Gasteiger partial charge < -0.3 is 19.9 Å². The summed E-state index contributed by atoms with van der Waals surface area (Å²) >= 11 is 1.61. The number of rotatable bonds is 8. The molecule has 1 aromatic carbocycles. The average Bonchev–Trinajstić information content (AvgIpc) is 3.18. The van der Waals surface area contributed by atoms with Crippen molar-refractivity contribution < 1.29 is 19.0 Å². The average molecular weight is 515 g/mol. The van der Waals surface area contributed by atoms with Crippen LogP contribution in [0.2, 0.25) is 0 Å². The normalized spacial score (nSPS) is 30.6. The minimum atomic E-state index is -0.719. The van der Waals surface area contributed by atoms with Crippen molar-refractivity contribution in [1.82, 2.24) is 25.0 Å². The largest absolute Gasteiger partial charge is 0.396 e. The third-order valence-electron chi connectivity index (χ3n) is 7.25. The van der Waals surface area contributed by atoms with Crippen molar-refractivity contribution in [3.63, 3.8) is 0 Å². The standard InChI is InChI=1S/C25H31FN6O3S/c1-4-9-36-24-28-22(27-17-11-16(17)13-5-7-15(26)8-6-13)19-23(29-24)32(31-30-19)18-10-14(12-33)20-21(18)35-25(2,3)34-20/h5-8,14,16-18,20-21,33H,4,9-12H2,1-3H3,(H,27,28,29)/t14-,16-,17+,18-,20-,21+/m0/s1. The Labute approximate surface area is 213 Å². The number of anilines is 1. The van der Waals surface area contributed by atoms with Crippen LogP contribution in [0.3, 0.4) is 0 Å². The van der Waals surface area contributed by atoms with Crippen LogP contribution < -0.4 is 5.32 Å². The number of aliphatic hydroxyl groups excluding tert-OH is 1. The van der Waals surface area contributed by atoms with Gasteiger partial charge in [-0.3, -0.25) is 0 Å². The van der Waals surface area contributed by atoms with Gasteiger partial charge in [0.2, 0.25) is 0 Å². The molecule has 2 N–H and O–H groups in total. The summed E-state index contributed by atoms with van der Waals surface area (Å²) in [6, 6.07) is 6.72. The molecule has 6 rings (SSSR count). The Morgan fingerprint density at radius 1 is 1.17 bits per heavy atom. The fourth-order valence-corrected chi connectivity index (χ4v) is 6.17. The number of hydrogen-bond donors (Lipinski definition) is 2. The zero-order valence-corrected chi connectivity index (χ0v) is 21.4. The number of halogens is 1. The van der Waals surface area contributed by atoms with Gasteiger partial charge in [-0.05, 0) is 50.8 Å². The van der Waals surface area contributed by atoms with Crippen LogP contribution in [0, 0.1) is 11.7 Å². The van der Waals surface area contributed by atoms with E-state index >= 15 is 0 Å². The van der Waals surface area contributed by atoms with E-state index < -0.39 is 5.79 Å². The lowest BCUT2D eigenvalue weighted by atomic mass is 10.1. The third kappa shape index (κ3) is 4.36. The summed E-state index contributed by atoms with van der Waals surface area (Å²) in [5.41, 5.74) is 2.37. The Kier molecular flexibility index (Phi) is 6.14. The summed E-state index contributed by atoms with van der Waals surface area (Å²) in [6.45, 7) is 5.94. The van der Waals surface area contributed by atoms with Crippen molar-refractivity contribution in [2.45, 2.75) is 81.2 Å². The summed E-state index contributed by atoms with van der Waals surface area (Å²) < 4.78 is 27.6. The van der Waals surface area contributed by atoms with Crippen LogP contribution in [0.5, 0.6) is 0 Å². The topological polar surface area (TPSA) is 107 Å². The molecule has 3 fully saturated rings. The van der Waals surface area contributed by atoms with Crippen molar-refractivity contribution in [3.8, 4) is 0 Å². The Bertz CT molecular complexity index is 1250. The fraction of sp³-hybridized carbons (Fsp3) is 0.600. The van der Waals surface area contributed by atoms with E-state index in [-0.39, 0.29) is 42.6 Å². The smallest absolute Gasteiger partial charge is 0.191 e. The lowest BCUT2D eigenvalue weighted by molar-refractivity contribution is -0.162. The van der Waals surface area contributed by atoms with Crippen molar-refractivity contribution >= 4 is 28.7 Å². The molecule has 2 saturated carbocycles. The zero-order valence-electron chi connectivity index (χ0n) is 20.6. The van der Waals surface area contributed by atoms with Crippen LogP contribution >= 0.6 is 11.8 Å². The van der Waals surface area contributed by atoms with E-state index in [4.69, 9.17) is 19.4 Å². The molecule has 3 heterocycles. The summed E-state index contributed by atoms with van der Waals surface area (Å²) in [4.78, 5) is 9.63. The second-order valence-electron chi connectivity index (χ2n) is 10.4. The number of ether oxygens (including phenoxy) is 2. The zero-order chi connectivity index (χ0) is 25.0. The number of aliphatic hydroxyl groups is 1. The number of benzene rings is 1. The van der Waals surface area contributed by atoms with E-state index in [9.17, 15) is 9.50 Å². The highest BCUT2D eigenvalue weighted by Gasteiger charge is 2.55. The van der Waals surface area contributed by atoms with Gasteiger partial charge in [0.1, 0.15) is 11.9 Å². The lowest BCUT2D eigenvalue weighted by Gasteiger charge is -2.23. The molecule has 0 spiro atoms. The van der Waals surface area contributed by atoms with Gasteiger partial charge in [0.05, 0.1) is 12.1 Å². The molecule has 0 radical (unpaired) electrons. The van der Waals surface area contributed by atoms with Gasteiger partial charge >= 0.3 is 0 Å². The summed E-state index contributed by atoms with van der Waals surface area (Å²) in [6.07, 6.45) is 2.16. The fourth-order valence-electron chi connectivity index (χ4n) is 5.48. The highest BCUT2D eigenvalue weighted by molar-refractivity contribution is 7.99. The molecule has 2 aliphatic carbocycles. The molecule has 9 nitrogen and oxygen atoms in total. The first-order valence-electron chi connectivity index (χ1n) is 12.6. The van der Waals surface area contributed by atoms with Gasteiger partial charge in [0.25, 0.3) is 0 Å².